The normalized spacial score (nSPS) is 12.8. The highest BCUT2D eigenvalue weighted by Gasteiger charge is 2.26. The van der Waals surface area contributed by atoms with E-state index in [4.69, 9.17) is 23.2 Å². The van der Waals surface area contributed by atoms with Crippen molar-refractivity contribution in [1.29, 1.82) is 0 Å². The lowest BCUT2D eigenvalue weighted by molar-refractivity contribution is 0.647. The average molecular weight is 498 g/mol. The van der Waals surface area contributed by atoms with E-state index in [2.05, 4.69) is 48.0 Å². The Kier molecular flexibility index (Phi) is 7.59. The standard InChI is InChI=1S/C26H22Cl2N2S2/c27-19-9-5-7-17(15-19)25(29-21-11-1-3-13-23(21)31)26(18-8-6-10-20(28)16-18)30-22-12-2-4-14-24(22)32/h1-16,25-26,29-32H. The molecule has 2 unspecified atom stereocenters. The molecule has 162 valence electrons. The second-order valence-electron chi connectivity index (χ2n) is 7.39. The van der Waals surface area contributed by atoms with Gasteiger partial charge < -0.3 is 10.6 Å². The van der Waals surface area contributed by atoms with E-state index in [1.165, 1.54) is 0 Å². The molecule has 0 aliphatic carbocycles. The van der Waals surface area contributed by atoms with Gasteiger partial charge in [0.2, 0.25) is 0 Å². The molecule has 0 aromatic heterocycles. The van der Waals surface area contributed by atoms with Gasteiger partial charge in [-0.3, -0.25) is 0 Å². The van der Waals surface area contributed by atoms with Gasteiger partial charge in [-0.05, 0) is 59.7 Å². The number of para-hydroxylation sites is 2. The average Bonchev–Trinajstić information content (AvgIpc) is 2.78. The fraction of sp³-hybridized carbons (Fsp3) is 0.0769. The molecule has 0 aliphatic heterocycles. The van der Waals surface area contributed by atoms with Crippen molar-refractivity contribution in [3.8, 4) is 0 Å². The van der Waals surface area contributed by atoms with E-state index in [-0.39, 0.29) is 12.1 Å². The molecule has 0 saturated heterocycles. The van der Waals surface area contributed by atoms with E-state index in [0.29, 0.717) is 10.0 Å². The molecule has 4 aromatic carbocycles. The van der Waals surface area contributed by atoms with Crippen molar-refractivity contribution in [2.24, 2.45) is 0 Å². The molecule has 2 N–H and O–H groups in total. The molecule has 2 nitrogen and oxygen atoms in total. The third-order valence-corrected chi connectivity index (χ3v) is 6.43. The number of hydrogen-bond donors (Lipinski definition) is 4. The van der Waals surface area contributed by atoms with Crippen molar-refractivity contribution in [3.05, 3.63) is 118 Å². The summed E-state index contributed by atoms with van der Waals surface area (Å²) in [4.78, 5) is 1.72. The van der Waals surface area contributed by atoms with Gasteiger partial charge in [0.05, 0.1) is 12.1 Å². The van der Waals surface area contributed by atoms with Crippen LogP contribution in [0.2, 0.25) is 10.0 Å². The smallest absolute Gasteiger partial charge is 0.0758 e. The van der Waals surface area contributed by atoms with Gasteiger partial charge in [-0.2, -0.15) is 0 Å². The Bertz CT molecular complexity index is 1120. The predicted octanol–water partition coefficient (Wildman–Crippen LogP) is 8.58. The van der Waals surface area contributed by atoms with Gasteiger partial charge in [0.15, 0.2) is 0 Å². The lowest BCUT2D eigenvalue weighted by Gasteiger charge is -2.32. The number of anilines is 2. The molecule has 6 heteroatoms. The zero-order valence-corrected chi connectivity index (χ0v) is 20.3. The van der Waals surface area contributed by atoms with Crippen LogP contribution in [-0.2, 0) is 0 Å². The minimum atomic E-state index is -0.187. The third kappa shape index (κ3) is 5.57. The number of thiol groups is 2. The van der Waals surface area contributed by atoms with Gasteiger partial charge >= 0.3 is 0 Å². The summed E-state index contributed by atoms with van der Waals surface area (Å²) >= 11 is 22.1. The maximum atomic E-state index is 6.39. The van der Waals surface area contributed by atoms with Gasteiger partial charge in [-0.15, -0.1) is 25.3 Å². The van der Waals surface area contributed by atoms with Crippen molar-refractivity contribution in [2.75, 3.05) is 10.6 Å². The summed E-state index contributed by atoms with van der Waals surface area (Å²) in [6.07, 6.45) is 0. The summed E-state index contributed by atoms with van der Waals surface area (Å²) in [5.41, 5.74) is 3.91. The Balaban J connectivity index is 1.85. The first-order valence-corrected chi connectivity index (χ1v) is 11.8. The van der Waals surface area contributed by atoms with Crippen molar-refractivity contribution in [1.82, 2.24) is 0 Å². The highest BCUT2D eigenvalue weighted by molar-refractivity contribution is 7.80. The number of rotatable bonds is 7. The number of nitrogens with one attached hydrogen (secondary N) is 2. The number of halogens is 2. The summed E-state index contributed by atoms with van der Waals surface area (Å²) in [6, 6.07) is 31.2. The molecule has 0 aliphatic rings. The molecule has 0 fully saturated rings. The van der Waals surface area contributed by atoms with Gasteiger partial charge in [-0.1, -0.05) is 71.7 Å². The van der Waals surface area contributed by atoms with Crippen LogP contribution < -0.4 is 10.6 Å². The third-order valence-electron chi connectivity index (χ3n) is 5.18. The summed E-state index contributed by atoms with van der Waals surface area (Å²) in [6.45, 7) is 0. The Morgan fingerprint density at radius 2 is 0.938 bits per heavy atom. The van der Waals surface area contributed by atoms with E-state index in [1.54, 1.807) is 0 Å². The number of hydrogen-bond acceptors (Lipinski definition) is 4. The fourth-order valence-corrected chi connectivity index (χ4v) is 4.49. The van der Waals surface area contributed by atoms with E-state index >= 15 is 0 Å². The van der Waals surface area contributed by atoms with Gasteiger partial charge in [0.1, 0.15) is 0 Å². The molecule has 4 aromatic rings. The molecule has 32 heavy (non-hydrogen) atoms. The second kappa shape index (κ2) is 10.6. The maximum Gasteiger partial charge on any atom is 0.0758 e. The van der Waals surface area contributed by atoms with Crippen LogP contribution in [0.3, 0.4) is 0 Å². The first-order valence-electron chi connectivity index (χ1n) is 10.1. The van der Waals surface area contributed by atoms with Crippen LogP contribution in [0.5, 0.6) is 0 Å². The molecule has 0 spiro atoms. The van der Waals surface area contributed by atoms with Crippen LogP contribution in [-0.4, -0.2) is 0 Å². The Hall–Kier alpha value is -2.24. The molecular weight excluding hydrogens is 475 g/mol. The zero-order chi connectivity index (χ0) is 22.5. The molecular formula is C26H22Cl2N2S2. The van der Waals surface area contributed by atoms with Crippen molar-refractivity contribution >= 4 is 59.8 Å². The first-order chi connectivity index (χ1) is 15.5. The topological polar surface area (TPSA) is 24.1 Å². The lowest BCUT2D eigenvalue weighted by atomic mass is 9.92. The first kappa shape index (κ1) is 22.9. The summed E-state index contributed by atoms with van der Waals surface area (Å²) in [7, 11) is 0. The highest BCUT2D eigenvalue weighted by atomic mass is 35.5. The summed E-state index contributed by atoms with van der Waals surface area (Å²) in [5, 5.41) is 8.71. The van der Waals surface area contributed by atoms with E-state index in [1.807, 2.05) is 84.9 Å². The van der Waals surface area contributed by atoms with Crippen molar-refractivity contribution in [3.63, 3.8) is 0 Å². The fourth-order valence-electron chi connectivity index (χ4n) is 3.64. The van der Waals surface area contributed by atoms with Crippen LogP contribution in [0.25, 0.3) is 0 Å². The molecule has 0 radical (unpaired) electrons. The summed E-state index contributed by atoms with van der Waals surface area (Å²) < 4.78 is 0. The van der Waals surface area contributed by atoms with E-state index in [9.17, 15) is 0 Å². The molecule has 0 saturated carbocycles. The highest BCUT2D eigenvalue weighted by Crippen LogP contribution is 2.38. The number of benzene rings is 4. The predicted molar refractivity (Wildman–Crippen MR) is 143 cm³/mol. The summed E-state index contributed by atoms with van der Waals surface area (Å²) in [5.74, 6) is 0. The minimum Gasteiger partial charge on any atom is -0.375 e. The zero-order valence-electron chi connectivity index (χ0n) is 17.0. The van der Waals surface area contributed by atoms with E-state index in [0.717, 1.165) is 32.3 Å². The van der Waals surface area contributed by atoms with Crippen LogP contribution in [0, 0.1) is 0 Å². The van der Waals surface area contributed by atoms with Crippen LogP contribution in [0.4, 0.5) is 11.4 Å². The molecule has 0 bridgehead atoms. The minimum absolute atomic E-state index is 0.187. The molecule has 0 amide bonds. The van der Waals surface area contributed by atoms with Crippen molar-refractivity contribution in [2.45, 2.75) is 21.9 Å². The van der Waals surface area contributed by atoms with Crippen LogP contribution >= 0.6 is 48.5 Å². The largest absolute Gasteiger partial charge is 0.375 e. The van der Waals surface area contributed by atoms with Gasteiger partial charge in [-0.25, -0.2) is 0 Å². The SMILES string of the molecule is Sc1ccccc1NC(c1cccc(Cl)c1)C(Nc1ccccc1S)c1cccc(Cl)c1. The Morgan fingerprint density at radius 1 is 0.531 bits per heavy atom. The Morgan fingerprint density at radius 3 is 1.31 bits per heavy atom. The van der Waals surface area contributed by atoms with Crippen molar-refractivity contribution < 1.29 is 0 Å². The van der Waals surface area contributed by atoms with Crippen LogP contribution in [0.15, 0.2) is 107 Å². The second-order valence-corrected chi connectivity index (χ2v) is 9.22. The van der Waals surface area contributed by atoms with E-state index < -0.39 is 0 Å². The maximum absolute atomic E-state index is 6.39. The lowest BCUT2D eigenvalue weighted by Crippen LogP contribution is -2.26. The van der Waals surface area contributed by atoms with Gasteiger partial charge in [0.25, 0.3) is 0 Å². The van der Waals surface area contributed by atoms with Gasteiger partial charge in [0, 0.05) is 31.2 Å². The monoisotopic (exact) mass is 496 g/mol. The van der Waals surface area contributed by atoms with Crippen LogP contribution in [0.1, 0.15) is 23.2 Å². The molecule has 4 rings (SSSR count). The quantitative estimate of drug-likeness (QED) is 0.192. The molecule has 0 heterocycles. The molecule has 2 atom stereocenters. The Labute approximate surface area is 209 Å².